The molecule has 0 saturated carbocycles. The third-order valence-corrected chi connectivity index (χ3v) is 4.97. The van der Waals surface area contributed by atoms with Gasteiger partial charge in [0.15, 0.2) is 5.11 Å². The Morgan fingerprint density at radius 2 is 1.96 bits per heavy atom. The van der Waals surface area contributed by atoms with E-state index in [9.17, 15) is 0 Å². The highest BCUT2D eigenvalue weighted by Crippen LogP contribution is 2.27. The average molecular weight is 331 g/mol. The summed E-state index contributed by atoms with van der Waals surface area (Å²) >= 11 is 5.36. The van der Waals surface area contributed by atoms with Crippen molar-refractivity contribution in [1.29, 1.82) is 0 Å². The zero-order valence-electron chi connectivity index (χ0n) is 13.8. The third-order valence-electron chi connectivity index (χ3n) is 4.76. The minimum absolute atomic E-state index is 0.465. The maximum Gasteiger partial charge on any atom is 0.187 e. The van der Waals surface area contributed by atoms with E-state index in [2.05, 4.69) is 37.8 Å². The Kier molecular flexibility index (Phi) is 5.13. The molecule has 5 nitrogen and oxygen atoms in total. The number of hydrogen-bond donors (Lipinski definition) is 2. The van der Waals surface area contributed by atoms with Crippen LogP contribution in [-0.4, -0.2) is 56.0 Å². The summed E-state index contributed by atoms with van der Waals surface area (Å²) in [5, 5.41) is 8.27. The minimum atomic E-state index is 0.465. The first kappa shape index (κ1) is 16.2. The Balaban J connectivity index is 1.47. The number of nitrogens with one attached hydrogen (secondary N) is 2. The largest absolute Gasteiger partial charge is 0.378 e. The normalized spacial score (nSPS) is 26.3. The maximum atomic E-state index is 5.36. The van der Waals surface area contributed by atoms with Gasteiger partial charge in [-0.3, -0.25) is 5.43 Å². The summed E-state index contributed by atoms with van der Waals surface area (Å²) in [6.45, 7) is 3.58. The Hall–Kier alpha value is -1.66. The molecule has 0 unspecified atom stereocenters. The van der Waals surface area contributed by atoms with Crippen molar-refractivity contribution in [2.45, 2.75) is 18.9 Å². The van der Waals surface area contributed by atoms with Gasteiger partial charge >= 0.3 is 0 Å². The summed E-state index contributed by atoms with van der Waals surface area (Å²) in [6.07, 6.45) is 4.35. The third kappa shape index (κ3) is 4.20. The molecule has 3 aliphatic rings. The van der Waals surface area contributed by atoms with Crippen molar-refractivity contribution >= 4 is 29.2 Å². The number of thiocarbonyl (C=S) groups is 1. The summed E-state index contributed by atoms with van der Waals surface area (Å²) < 4.78 is 0. The van der Waals surface area contributed by atoms with Crippen LogP contribution in [0.25, 0.3) is 0 Å². The fourth-order valence-electron chi connectivity index (χ4n) is 3.35. The van der Waals surface area contributed by atoms with Gasteiger partial charge in [0.05, 0.1) is 6.21 Å². The molecular formula is C17H25N5S. The second-order valence-corrected chi connectivity index (χ2v) is 6.98. The Labute approximate surface area is 143 Å². The molecule has 0 radical (unpaired) electrons. The standard InChI is InChI=1S/C17H25N5S/c1-21(2)15-5-3-13(4-6-15)11-18-20-17(23)19-16-12-22-9-7-14(16)8-10-22/h3-6,11,14,16H,7-10,12H2,1-2H3,(H2,19,20,23)/b18-11-/t16-/m1/s1. The molecule has 1 aromatic rings. The monoisotopic (exact) mass is 331 g/mol. The second kappa shape index (κ2) is 7.27. The topological polar surface area (TPSA) is 42.9 Å². The van der Waals surface area contributed by atoms with Crippen LogP contribution in [-0.2, 0) is 0 Å². The SMILES string of the molecule is CN(C)c1ccc(/C=N\NC(=S)N[C@@H]2CN3CCC2CC3)cc1. The van der Waals surface area contributed by atoms with Crippen LogP contribution in [0.2, 0.25) is 0 Å². The molecule has 3 aliphatic heterocycles. The van der Waals surface area contributed by atoms with E-state index in [1.807, 2.05) is 26.2 Å². The highest BCUT2D eigenvalue weighted by atomic mass is 32.1. The van der Waals surface area contributed by atoms with Crippen molar-refractivity contribution in [3.05, 3.63) is 29.8 Å². The fraction of sp³-hybridized carbons (Fsp3) is 0.529. The molecule has 2 bridgehead atoms. The molecule has 0 aromatic heterocycles. The van der Waals surface area contributed by atoms with Crippen LogP contribution < -0.4 is 15.6 Å². The fourth-order valence-corrected chi connectivity index (χ4v) is 3.56. The first-order chi connectivity index (χ1) is 11.1. The summed E-state index contributed by atoms with van der Waals surface area (Å²) in [5.74, 6) is 0.752. The van der Waals surface area contributed by atoms with Crippen molar-refractivity contribution in [2.75, 3.05) is 38.6 Å². The van der Waals surface area contributed by atoms with Crippen LogP contribution in [0.4, 0.5) is 5.69 Å². The molecule has 3 saturated heterocycles. The van der Waals surface area contributed by atoms with E-state index in [1.165, 1.54) is 31.6 Å². The lowest BCUT2D eigenvalue weighted by Crippen LogP contribution is -2.58. The van der Waals surface area contributed by atoms with Crippen LogP contribution >= 0.6 is 12.2 Å². The molecule has 124 valence electrons. The second-order valence-electron chi connectivity index (χ2n) is 6.57. The first-order valence-electron chi connectivity index (χ1n) is 8.21. The predicted octanol–water partition coefficient (Wildman–Crippen LogP) is 1.64. The molecule has 0 spiro atoms. The van der Waals surface area contributed by atoms with Gasteiger partial charge in [0.2, 0.25) is 0 Å². The maximum absolute atomic E-state index is 5.36. The Bertz CT molecular complexity index is 561. The molecule has 1 atom stereocenters. The van der Waals surface area contributed by atoms with Crippen LogP contribution in [0.1, 0.15) is 18.4 Å². The lowest BCUT2D eigenvalue weighted by atomic mass is 9.84. The number of hydrogen-bond acceptors (Lipinski definition) is 4. The number of piperidine rings is 3. The quantitative estimate of drug-likeness (QED) is 0.499. The summed E-state index contributed by atoms with van der Waals surface area (Å²) in [5.41, 5.74) is 5.16. The molecule has 3 heterocycles. The number of rotatable bonds is 4. The van der Waals surface area contributed by atoms with Gasteiger partial charge < -0.3 is 15.1 Å². The van der Waals surface area contributed by atoms with Gasteiger partial charge in [-0.15, -0.1) is 0 Å². The lowest BCUT2D eigenvalue weighted by molar-refractivity contribution is 0.0812. The zero-order chi connectivity index (χ0) is 16.2. The summed E-state index contributed by atoms with van der Waals surface area (Å²) in [4.78, 5) is 4.59. The predicted molar refractivity (Wildman–Crippen MR) is 100 cm³/mol. The van der Waals surface area contributed by atoms with Gasteiger partial charge in [0, 0.05) is 32.4 Å². The molecule has 0 amide bonds. The van der Waals surface area contributed by atoms with E-state index in [-0.39, 0.29) is 0 Å². The average Bonchev–Trinajstić information content (AvgIpc) is 2.56. The molecule has 3 fully saturated rings. The van der Waals surface area contributed by atoms with E-state index < -0.39 is 0 Å². The van der Waals surface area contributed by atoms with Gasteiger partial charge in [0.25, 0.3) is 0 Å². The van der Waals surface area contributed by atoms with E-state index in [4.69, 9.17) is 12.2 Å². The van der Waals surface area contributed by atoms with Crippen molar-refractivity contribution in [2.24, 2.45) is 11.0 Å². The van der Waals surface area contributed by atoms with Crippen molar-refractivity contribution in [1.82, 2.24) is 15.6 Å². The molecule has 4 rings (SSSR count). The van der Waals surface area contributed by atoms with Crippen LogP contribution in [0.15, 0.2) is 29.4 Å². The van der Waals surface area contributed by atoms with Crippen LogP contribution in [0.3, 0.4) is 0 Å². The van der Waals surface area contributed by atoms with Gasteiger partial charge in [-0.1, -0.05) is 12.1 Å². The van der Waals surface area contributed by atoms with Crippen molar-refractivity contribution in [3.63, 3.8) is 0 Å². The molecular weight excluding hydrogens is 306 g/mol. The number of fused-ring (bicyclic) bond motifs is 3. The number of anilines is 1. The molecule has 2 N–H and O–H groups in total. The number of nitrogens with zero attached hydrogens (tertiary/aromatic N) is 3. The highest BCUT2D eigenvalue weighted by Gasteiger charge is 2.34. The Morgan fingerprint density at radius 1 is 1.26 bits per heavy atom. The summed E-state index contributed by atoms with van der Waals surface area (Å²) in [6, 6.07) is 8.71. The lowest BCUT2D eigenvalue weighted by Gasteiger charge is -2.45. The van der Waals surface area contributed by atoms with E-state index >= 15 is 0 Å². The molecule has 23 heavy (non-hydrogen) atoms. The van der Waals surface area contributed by atoms with Gasteiger partial charge in [-0.05, 0) is 61.8 Å². The Morgan fingerprint density at radius 3 is 2.52 bits per heavy atom. The van der Waals surface area contributed by atoms with Crippen molar-refractivity contribution in [3.8, 4) is 0 Å². The molecule has 1 aromatic carbocycles. The van der Waals surface area contributed by atoms with Gasteiger partial charge in [-0.25, -0.2) is 0 Å². The number of hydrazone groups is 1. The molecule has 6 heteroatoms. The molecule has 0 aliphatic carbocycles. The smallest absolute Gasteiger partial charge is 0.187 e. The zero-order valence-corrected chi connectivity index (χ0v) is 14.6. The number of benzene rings is 1. The van der Waals surface area contributed by atoms with Crippen molar-refractivity contribution < 1.29 is 0 Å². The van der Waals surface area contributed by atoms with Gasteiger partial charge in [0.1, 0.15) is 0 Å². The van der Waals surface area contributed by atoms with Crippen LogP contribution in [0, 0.1) is 5.92 Å². The van der Waals surface area contributed by atoms with Gasteiger partial charge in [-0.2, -0.15) is 5.10 Å². The minimum Gasteiger partial charge on any atom is -0.378 e. The van der Waals surface area contributed by atoms with E-state index in [0.717, 1.165) is 18.0 Å². The van der Waals surface area contributed by atoms with E-state index in [0.29, 0.717) is 11.2 Å². The first-order valence-corrected chi connectivity index (χ1v) is 8.62. The van der Waals surface area contributed by atoms with E-state index in [1.54, 1.807) is 6.21 Å². The summed E-state index contributed by atoms with van der Waals surface area (Å²) in [7, 11) is 4.06. The highest BCUT2D eigenvalue weighted by molar-refractivity contribution is 7.80. The van der Waals surface area contributed by atoms with Crippen LogP contribution in [0.5, 0.6) is 0 Å².